The molecule has 0 amide bonds. The zero-order chi connectivity index (χ0) is 10.7. The van der Waals surface area contributed by atoms with E-state index in [2.05, 4.69) is 0 Å². The molecule has 1 atom stereocenters. The maximum absolute atomic E-state index is 12.9. The molecule has 2 N–H and O–H groups in total. The molecule has 0 bridgehead atoms. The van der Waals surface area contributed by atoms with Gasteiger partial charge < -0.3 is 10.5 Å². The minimum Gasteiger partial charge on any atom is -0.489 e. The maximum atomic E-state index is 12.9. The smallest absolute Gasteiger partial charge is 0.203 e. The van der Waals surface area contributed by atoms with Crippen molar-refractivity contribution in [3.8, 4) is 5.75 Å². The van der Waals surface area contributed by atoms with Gasteiger partial charge in [-0.15, -0.1) is 0 Å². The fraction of sp³-hybridized carbons (Fsp3) is 0.333. The highest BCUT2D eigenvalue weighted by atomic mass is 19.2. The fourth-order valence-corrected chi connectivity index (χ4v) is 0.841. The first-order valence-corrected chi connectivity index (χ1v) is 4.04. The summed E-state index contributed by atoms with van der Waals surface area (Å²) in [5, 5.41) is 0. The molecule has 1 aromatic carbocycles. The summed E-state index contributed by atoms with van der Waals surface area (Å²) in [6.07, 6.45) is 0. The lowest BCUT2D eigenvalue weighted by Gasteiger charge is -2.09. The van der Waals surface area contributed by atoms with Gasteiger partial charge in [0.25, 0.3) is 0 Å². The molecule has 0 saturated heterocycles. The Hall–Kier alpha value is -1.23. The summed E-state index contributed by atoms with van der Waals surface area (Å²) in [5.41, 5.74) is 5.34. The molecular formula is C9H10F3NO. The largest absolute Gasteiger partial charge is 0.489 e. The Balaban J connectivity index is 2.83. The van der Waals surface area contributed by atoms with Crippen molar-refractivity contribution >= 4 is 0 Å². The predicted molar refractivity (Wildman–Crippen MR) is 45.5 cm³/mol. The first-order valence-electron chi connectivity index (χ1n) is 4.04. The molecule has 1 aromatic rings. The van der Waals surface area contributed by atoms with Crippen molar-refractivity contribution in [2.24, 2.45) is 5.73 Å². The Morgan fingerprint density at radius 3 is 2.50 bits per heavy atom. The normalized spacial score (nSPS) is 12.6. The van der Waals surface area contributed by atoms with Gasteiger partial charge in [0.1, 0.15) is 6.61 Å². The zero-order valence-electron chi connectivity index (χ0n) is 7.56. The molecular weight excluding hydrogens is 195 g/mol. The quantitative estimate of drug-likeness (QED) is 0.764. The van der Waals surface area contributed by atoms with Crippen LogP contribution in [-0.2, 0) is 0 Å². The second kappa shape index (κ2) is 4.32. The molecule has 0 aliphatic rings. The molecule has 14 heavy (non-hydrogen) atoms. The van der Waals surface area contributed by atoms with E-state index in [0.717, 1.165) is 12.1 Å². The van der Waals surface area contributed by atoms with Crippen LogP contribution < -0.4 is 10.5 Å². The molecule has 1 rings (SSSR count). The summed E-state index contributed by atoms with van der Waals surface area (Å²) in [4.78, 5) is 0. The minimum atomic E-state index is -1.54. The molecule has 78 valence electrons. The highest BCUT2D eigenvalue weighted by molar-refractivity contribution is 5.26. The Morgan fingerprint density at radius 2 is 1.93 bits per heavy atom. The van der Waals surface area contributed by atoms with Crippen LogP contribution in [-0.4, -0.2) is 12.6 Å². The lowest BCUT2D eigenvalue weighted by Crippen LogP contribution is -2.24. The average Bonchev–Trinajstić information content (AvgIpc) is 2.13. The third-order valence-corrected chi connectivity index (χ3v) is 1.50. The lowest BCUT2D eigenvalue weighted by molar-refractivity contribution is 0.275. The number of rotatable bonds is 3. The number of nitrogens with two attached hydrogens (primary N) is 1. The number of hydrogen-bond donors (Lipinski definition) is 1. The van der Waals surface area contributed by atoms with Gasteiger partial charge in [-0.2, -0.15) is 4.39 Å². The van der Waals surface area contributed by atoms with Crippen LogP contribution in [0, 0.1) is 17.5 Å². The van der Waals surface area contributed by atoms with Gasteiger partial charge in [-0.1, -0.05) is 0 Å². The monoisotopic (exact) mass is 205 g/mol. The first kappa shape index (κ1) is 10.8. The van der Waals surface area contributed by atoms with Crippen molar-refractivity contribution in [1.82, 2.24) is 0 Å². The number of ether oxygens (including phenoxy) is 1. The number of benzene rings is 1. The van der Waals surface area contributed by atoms with E-state index >= 15 is 0 Å². The second-order valence-corrected chi connectivity index (χ2v) is 2.96. The van der Waals surface area contributed by atoms with Crippen LogP contribution in [0.2, 0.25) is 0 Å². The topological polar surface area (TPSA) is 35.2 Å². The Labute approximate surface area is 79.5 Å². The number of hydrogen-bond acceptors (Lipinski definition) is 2. The summed E-state index contributed by atoms with van der Waals surface area (Å²) in [7, 11) is 0. The van der Waals surface area contributed by atoms with Crippen molar-refractivity contribution in [2.45, 2.75) is 13.0 Å². The van der Waals surface area contributed by atoms with Gasteiger partial charge >= 0.3 is 0 Å². The highest BCUT2D eigenvalue weighted by Gasteiger charge is 2.14. The van der Waals surface area contributed by atoms with Crippen LogP contribution in [0.15, 0.2) is 12.1 Å². The highest BCUT2D eigenvalue weighted by Crippen LogP contribution is 2.21. The number of halogens is 3. The van der Waals surface area contributed by atoms with Crippen LogP contribution >= 0.6 is 0 Å². The predicted octanol–water partition coefficient (Wildman–Crippen LogP) is 1.83. The zero-order valence-corrected chi connectivity index (χ0v) is 7.56. The van der Waals surface area contributed by atoms with Gasteiger partial charge in [0.2, 0.25) is 5.82 Å². The minimum absolute atomic E-state index is 0.0436. The maximum Gasteiger partial charge on any atom is 0.203 e. The van der Waals surface area contributed by atoms with Crippen LogP contribution in [0.4, 0.5) is 13.2 Å². The molecule has 0 aliphatic carbocycles. The van der Waals surface area contributed by atoms with Crippen molar-refractivity contribution < 1.29 is 17.9 Å². The standard InChI is InChI=1S/C9H10F3NO/c1-5(13)4-14-7-3-2-6(10)8(11)9(7)12/h2-3,5H,4,13H2,1H3. The summed E-state index contributed by atoms with van der Waals surface area (Å²) < 4.78 is 42.9. The van der Waals surface area contributed by atoms with Crippen molar-refractivity contribution in [2.75, 3.05) is 6.61 Å². The third kappa shape index (κ3) is 2.38. The van der Waals surface area contributed by atoms with Gasteiger partial charge in [0.05, 0.1) is 0 Å². The van der Waals surface area contributed by atoms with Gasteiger partial charge in [0, 0.05) is 6.04 Å². The molecule has 0 heterocycles. The molecule has 0 fully saturated rings. The fourth-order valence-electron chi connectivity index (χ4n) is 0.841. The van der Waals surface area contributed by atoms with Crippen LogP contribution in [0.5, 0.6) is 5.75 Å². The molecule has 0 saturated carbocycles. The Bertz CT molecular complexity index is 328. The molecule has 5 heteroatoms. The van der Waals surface area contributed by atoms with E-state index in [1.54, 1.807) is 6.92 Å². The summed E-state index contributed by atoms with van der Waals surface area (Å²) in [5.74, 6) is -4.44. The van der Waals surface area contributed by atoms with E-state index in [1.165, 1.54) is 0 Å². The van der Waals surface area contributed by atoms with E-state index in [0.29, 0.717) is 0 Å². The van der Waals surface area contributed by atoms with Crippen molar-refractivity contribution in [1.29, 1.82) is 0 Å². The Kier molecular flexibility index (Phi) is 3.35. The van der Waals surface area contributed by atoms with Crippen LogP contribution in [0.3, 0.4) is 0 Å². The van der Waals surface area contributed by atoms with Crippen molar-refractivity contribution in [3.05, 3.63) is 29.6 Å². The van der Waals surface area contributed by atoms with Gasteiger partial charge in [-0.25, -0.2) is 8.78 Å². The molecule has 1 unspecified atom stereocenters. The average molecular weight is 205 g/mol. The van der Waals surface area contributed by atoms with E-state index in [9.17, 15) is 13.2 Å². The van der Waals surface area contributed by atoms with E-state index in [-0.39, 0.29) is 18.4 Å². The molecule has 0 aliphatic heterocycles. The molecule has 2 nitrogen and oxygen atoms in total. The molecule has 0 spiro atoms. The second-order valence-electron chi connectivity index (χ2n) is 2.96. The Morgan fingerprint density at radius 1 is 1.29 bits per heavy atom. The van der Waals surface area contributed by atoms with Crippen LogP contribution in [0.25, 0.3) is 0 Å². The van der Waals surface area contributed by atoms with E-state index in [4.69, 9.17) is 10.5 Å². The van der Waals surface area contributed by atoms with Crippen molar-refractivity contribution in [3.63, 3.8) is 0 Å². The molecule has 0 aromatic heterocycles. The summed E-state index contributed by atoms with van der Waals surface area (Å²) in [6, 6.07) is 1.52. The van der Waals surface area contributed by atoms with Crippen LogP contribution in [0.1, 0.15) is 6.92 Å². The van der Waals surface area contributed by atoms with Gasteiger partial charge in [-0.05, 0) is 19.1 Å². The van der Waals surface area contributed by atoms with Gasteiger partial charge in [-0.3, -0.25) is 0 Å². The summed E-state index contributed by atoms with van der Waals surface area (Å²) >= 11 is 0. The van der Waals surface area contributed by atoms with E-state index < -0.39 is 17.5 Å². The van der Waals surface area contributed by atoms with Gasteiger partial charge in [0.15, 0.2) is 17.4 Å². The first-order chi connectivity index (χ1) is 6.52. The lowest BCUT2D eigenvalue weighted by atomic mass is 10.3. The molecule has 0 radical (unpaired) electrons. The third-order valence-electron chi connectivity index (χ3n) is 1.50. The summed E-state index contributed by atoms with van der Waals surface area (Å²) in [6.45, 7) is 1.69. The SMILES string of the molecule is CC(N)COc1ccc(F)c(F)c1F. The van der Waals surface area contributed by atoms with E-state index in [1.807, 2.05) is 0 Å².